The molecular formula is C24H48O4. The summed E-state index contributed by atoms with van der Waals surface area (Å²) >= 11 is 0. The zero-order valence-corrected chi connectivity index (χ0v) is 19.4. The van der Waals surface area contributed by atoms with Gasteiger partial charge in [0.2, 0.25) is 0 Å². The summed E-state index contributed by atoms with van der Waals surface area (Å²) in [6, 6.07) is 0. The zero-order valence-electron chi connectivity index (χ0n) is 19.4. The Morgan fingerprint density at radius 1 is 0.500 bits per heavy atom. The van der Waals surface area contributed by atoms with Crippen molar-refractivity contribution in [1.29, 1.82) is 0 Å². The molecule has 0 aromatic rings. The van der Waals surface area contributed by atoms with Gasteiger partial charge in [0.25, 0.3) is 0 Å². The molecule has 0 aromatic carbocycles. The van der Waals surface area contributed by atoms with Crippen molar-refractivity contribution in [2.24, 2.45) is 0 Å². The molecule has 0 saturated carbocycles. The molecule has 0 rings (SSSR count). The van der Waals surface area contributed by atoms with E-state index in [0.29, 0.717) is 12.6 Å². The Morgan fingerprint density at radius 2 is 1.07 bits per heavy atom. The second-order valence-corrected chi connectivity index (χ2v) is 7.51. The Labute approximate surface area is 175 Å². The molecule has 0 N–H and O–H groups in total. The van der Waals surface area contributed by atoms with Gasteiger partial charge >= 0.3 is 5.95 Å². The molecule has 28 heavy (non-hydrogen) atoms. The molecule has 168 valence electrons. The lowest BCUT2D eigenvalue weighted by molar-refractivity contribution is -0.0844. The van der Waals surface area contributed by atoms with Crippen LogP contribution in [0.2, 0.25) is 0 Å². The minimum atomic E-state index is 0.238. The van der Waals surface area contributed by atoms with Crippen LogP contribution in [0.5, 0.6) is 0 Å². The summed E-state index contributed by atoms with van der Waals surface area (Å²) in [5.74, 6) is 1.37. The van der Waals surface area contributed by atoms with Crippen LogP contribution >= 0.6 is 0 Å². The molecule has 0 radical (unpaired) electrons. The molecule has 0 aliphatic rings. The molecule has 0 aliphatic heterocycles. The van der Waals surface area contributed by atoms with Crippen LogP contribution in [0.25, 0.3) is 0 Å². The Kier molecular flexibility index (Phi) is 21.7. The summed E-state index contributed by atoms with van der Waals surface area (Å²) in [6.45, 7) is 11.1. The maximum atomic E-state index is 5.94. The van der Waals surface area contributed by atoms with Crippen molar-refractivity contribution in [3.8, 4) is 0 Å². The number of hydrogen-bond donors (Lipinski definition) is 0. The minimum Gasteiger partial charge on any atom is -0.491 e. The minimum absolute atomic E-state index is 0.238. The number of rotatable bonds is 22. The first-order valence-electron chi connectivity index (χ1n) is 12.0. The SMILES string of the molecule is CCCCCCCCCCOCOC(OCCCC)=C(CCC)OCCCC. The van der Waals surface area contributed by atoms with E-state index in [2.05, 4.69) is 27.7 Å². The van der Waals surface area contributed by atoms with Gasteiger partial charge in [-0.3, -0.25) is 0 Å². The van der Waals surface area contributed by atoms with Gasteiger partial charge in [0.15, 0.2) is 12.6 Å². The molecule has 0 heterocycles. The van der Waals surface area contributed by atoms with E-state index in [-0.39, 0.29) is 6.79 Å². The third kappa shape index (κ3) is 17.2. The average molecular weight is 401 g/mol. The van der Waals surface area contributed by atoms with Crippen molar-refractivity contribution in [3.05, 3.63) is 11.7 Å². The fourth-order valence-corrected chi connectivity index (χ4v) is 2.80. The maximum absolute atomic E-state index is 5.94. The summed E-state index contributed by atoms with van der Waals surface area (Å²) in [6.07, 6.45) is 16.6. The van der Waals surface area contributed by atoms with Crippen molar-refractivity contribution in [1.82, 2.24) is 0 Å². The quantitative estimate of drug-likeness (QED) is 0.106. The third-order valence-corrected chi connectivity index (χ3v) is 4.63. The Balaban J connectivity index is 4.13. The lowest BCUT2D eigenvalue weighted by Gasteiger charge is -2.17. The first-order chi connectivity index (χ1) is 13.8. The average Bonchev–Trinajstić information content (AvgIpc) is 2.70. The monoisotopic (exact) mass is 400 g/mol. The van der Waals surface area contributed by atoms with E-state index >= 15 is 0 Å². The van der Waals surface area contributed by atoms with E-state index in [9.17, 15) is 0 Å². The Bertz CT molecular complexity index is 341. The molecular weight excluding hydrogens is 352 g/mol. The largest absolute Gasteiger partial charge is 0.491 e. The second kappa shape index (κ2) is 22.4. The van der Waals surface area contributed by atoms with Crippen LogP contribution in [0.15, 0.2) is 11.7 Å². The van der Waals surface area contributed by atoms with Crippen LogP contribution in [0, 0.1) is 0 Å². The molecule has 0 amide bonds. The van der Waals surface area contributed by atoms with Gasteiger partial charge in [-0.2, -0.15) is 0 Å². The highest BCUT2D eigenvalue weighted by Crippen LogP contribution is 2.17. The molecule has 4 heteroatoms. The molecule has 0 fully saturated rings. The Morgan fingerprint density at radius 3 is 1.68 bits per heavy atom. The molecule has 0 saturated heterocycles. The van der Waals surface area contributed by atoms with Crippen LogP contribution in [0.3, 0.4) is 0 Å². The molecule has 4 nitrogen and oxygen atoms in total. The molecule has 0 bridgehead atoms. The van der Waals surface area contributed by atoms with E-state index in [1.54, 1.807) is 0 Å². The number of hydrogen-bond acceptors (Lipinski definition) is 4. The lowest BCUT2D eigenvalue weighted by atomic mass is 10.1. The summed E-state index contributed by atoms with van der Waals surface area (Å²) < 4.78 is 23.3. The number of unbranched alkanes of at least 4 members (excludes halogenated alkanes) is 9. The molecule has 0 aliphatic carbocycles. The highest BCUT2D eigenvalue weighted by Gasteiger charge is 2.12. The molecule has 0 aromatic heterocycles. The summed E-state index contributed by atoms with van der Waals surface area (Å²) in [5.41, 5.74) is 0. The second-order valence-electron chi connectivity index (χ2n) is 7.51. The van der Waals surface area contributed by atoms with Crippen LogP contribution in [-0.2, 0) is 18.9 Å². The Hall–Kier alpha value is -0.900. The topological polar surface area (TPSA) is 36.9 Å². The van der Waals surface area contributed by atoms with E-state index in [4.69, 9.17) is 18.9 Å². The standard InChI is InChI=1S/C24H48O4/c1-5-9-12-13-14-15-16-17-19-25-22-28-24(27-21-11-7-3)23(18-8-4)26-20-10-6-2/h5-22H2,1-4H3. The fourth-order valence-electron chi connectivity index (χ4n) is 2.80. The van der Waals surface area contributed by atoms with Gasteiger partial charge in [-0.05, 0) is 25.7 Å². The van der Waals surface area contributed by atoms with Crippen molar-refractivity contribution >= 4 is 0 Å². The smallest absolute Gasteiger partial charge is 0.321 e. The van der Waals surface area contributed by atoms with E-state index in [0.717, 1.165) is 63.9 Å². The summed E-state index contributed by atoms with van der Waals surface area (Å²) in [7, 11) is 0. The summed E-state index contributed by atoms with van der Waals surface area (Å²) in [4.78, 5) is 0. The van der Waals surface area contributed by atoms with Crippen molar-refractivity contribution in [2.75, 3.05) is 26.6 Å². The van der Waals surface area contributed by atoms with Gasteiger partial charge in [-0.25, -0.2) is 0 Å². The lowest BCUT2D eigenvalue weighted by Crippen LogP contribution is -2.10. The highest BCUT2D eigenvalue weighted by molar-refractivity contribution is 4.95. The van der Waals surface area contributed by atoms with E-state index in [1.165, 1.54) is 44.9 Å². The van der Waals surface area contributed by atoms with Crippen molar-refractivity contribution in [2.45, 2.75) is 118 Å². The van der Waals surface area contributed by atoms with Crippen molar-refractivity contribution < 1.29 is 18.9 Å². The zero-order chi connectivity index (χ0) is 20.7. The van der Waals surface area contributed by atoms with E-state index < -0.39 is 0 Å². The van der Waals surface area contributed by atoms with Crippen LogP contribution in [0.1, 0.15) is 118 Å². The molecule has 0 unspecified atom stereocenters. The van der Waals surface area contributed by atoms with Gasteiger partial charge < -0.3 is 18.9 Å². The van der Waals surface area contributed by atoms with Crippen LogP contribution in [0.4, 0.5) is 0 Å². The molecule has 0 atom stereocenters. The van der Waals surface area contributed by atoms with Gasteiger partial charge in [-0.15, -0.1) is 0 Å². The first kappa shape index (κ1) is 27.1. The predicted octanol–water partition coefficient (Wildman–Crippen LogP) is 7.72. The van der Waals surface area contributed by atoms with E-state index in [1.807, 2.05) is 0 Å². The van der Waals surface area contributed by atoms with Gasteiger partial charge in [0.1, 0.15) is 0 Å². The number of ether oxygens (including phenoxy) is 4. The van der Waals surface area contributed by atoms with Crippen molar-refractivity contribution in [3.63, 3.8) is 0 Å². The van der Waals surface area contributed by atoms with Gasteiger partial charge in [0, 0.05) is 6.42 Å². The van der Waals surface area contributed by atoms with Gasteiger partial charge in [-0.1, -0.05) is 85.5 Å². The first-order valence-corrected chi connectivity index (χ1v) is 12.0. The third-order valence-electron chi connectivity index (χ3n) is 4.63. The number of allylic oxidation sites excluding steroid dienone is 1. The molecule has 0 spiro atoms. The normalized spacial score (nSPS) is 12.0. The predicted molar refractivity (Wildman–Crippen MR) is 118 cm³/mol. The highest BCUT2D eigenvalue weighted by atomic mass is 16.7. The van der Waals surface area contributed by atoms with Gasteiger partial charge in [0.05, 0.1) is 19.8 Å². The maximum Gasteiger partial charge on any atom is 0.321 e. The fraction of sp³-hybridized carbons (Fsp3) is 0.917. The summed E-state index contributed by atoms with van der Waals surface area (Å²) in [5, 5.41) is 0. The van der Waals surface area contributed by atoms with Crippen LogP contribution in [-0.4, -0.2) is 26.6 Å². The van der Waals surface area contributed by atoms with Crippen LogP contribution < -0.4 is 0 Å².